The monoisotopic (exact) mass is 520 g/mol. The lowest BCUT2D eigenvalue weighted by molar-refractivity contribution is -0.133. The van der Waals surface area contributed by atoms with Gasteiger partial charge in [-0.05, 0) is 65.7 Å². The standard InChI is InChI=1S/C26H27Cl2FN2O2S/c1-17(2)13-31(26(33)20-6-9-22(27)23(28)12-20)16-25(32)30(15-24-18(3)10-11-34-24)14-19-4-7-21(29)8-5-19/h4-12,17H,13-16H2,1-3H3. The van der Waals surface area contributed by atoms with Crippen LogP contribution < -0.4 is 0 Å². The van der Waals surface area contributed by atoms with E-state index in [0.717, 1.165) is 16.0 Å². The third-order valence-electron chi connectivity index (χ3n) is 5.31. The summed E-state index contributed by atoms with van der Waals surface area (Å²) in [6.07, 6.45) is 0. The molecule has 3 rings (SSSR count). The third-order valence-corrected chi connectivity index (χ3v) is 7.05. The fourth-order valence-corrected chi connectivity index (χ4v) is 4.74. The molecule has 0 radical (unpaired) electrons. The second-order valence-corrected chi connectivity index (χ2v) is 10.4. The molecule has 0 spiro atoms. The van der Waals surface area contributed by atoms with Crippen LogP contribution in [0.2, 0.25) is 10.0 Å². The van der Waals surface area contributed by atoms with Crippen LogP contribution in [0.3, 0.4) is 0 Å². The Morgan fingerprint density at radius 2 is 1.68 bits per heavy atom. The first-order valence-electron chi connectivity index (χ1n) is 10.9. The van der Waals surface area contributed by atoms with E-state index in [-0.39, 0.29) is 35.1 Å². The lowest BCUT2D eigenvalue weighted by Gasteiger charge is -2.29. The maximum Gasteiger partial charge on any atom is 0.254 e. The first-order chi connectivity index (χ1) is 16.1. The molecule has 0 bridgehead atoms. The van der Waals surface area contributed by atoms with Crippen molar-refractivity contribution in [2.24, 2.45) is 5.92 Å². The number of halogens is 3. The van der Waals surface area contributed by atoms with Crippen LogP contribution in [0, 0.1) is 18.7 Å². The molecule has 0 saturated carbocycles. The van der Waals surface area contributed by atoms with Crippen LogP contribution in [-0.2, 0) is 17.9 Å². The van der Waals surface area contributed by atoms with Crippen molar-refractivity contribution < 1.29 is 14.0 Å². The number of aryl methyl sites for hydroxylation is 1. The molecule has 4 nitrogen and oxygen atoms in total. The van der Waals surface area contributed by atoms with Gasteiger partial charge in [-0.25, -0.2) is 4.39 Å². The Hall–Kier alpha value is -2.41. The summed E-state index contributed by atoms with van der Waals surface area (Å²) < 4.78 is 13.4. The van der Waals surface area contributed by atoms with E-state index in [9.17, 15) is 14.0 Å². The number of benzene rings is 2. The summed E-state index contributed by atoms with van der Waals surface area (Å²) in [5.74, 6) is -0.642. The van der Waals surface area contributed by atoms with Crippen LogP contribution in [-0.4, -0.2) is 34.7 Å². The third kappa shape index (κ3) is 7.05. The summed E-state index contributed by atoms with van der Waals surface area (Å²) in [4.78, 5) is 31.1. The van der Waals surface area contributed by atoms with Gasteiger partial charge in [0.15, 0.2) is 0 Å². The summed E-state index contributed by atoms with van der Waals surface area (Å²) in [7, 11) is 0. The largest absolute Gasteiger partial charge is 0.332 e. The Morgan fingerprint density at radius 1 is 0.971 bits per heavy atom. The molecule has 8 heteroatoms. The Kier molecular flexibility index (Phi) is 9.11. The van der Waals surface area contributed by atoms with Crippen molar-refractivity contribution in [3.8, 4) is 0 Å². The van der Waals surface area contributed by atoms with Gasteiger partial charge in [0.2, 0.25) is 5.91 Å². The summed E-state index contributed by atoms with van der Waals surface area (Å²) in [5.41, 5.74) is 2.30. The SMILES string of the molecule is Cc1ccsc1CN(Cc1ccc(F)cc1)C(=O)CN(CC(C)C)C(=O)c1ccc(Cl)c(Cl)c1. The number of thiophene rings is 1. The van der Waals surface area contributed by atoms with Crippen LogP contribution in [0.1, 0.15) is 40.2 Å². The zero-order valence-corrected chi connectivity index (χ0v) is 21.7. The molecule has 1 aromatic heterocycles. The van der Waals surface area contributed by atoms with Gasteiger partial charge in [0.1, 0.15) is 12.4 Å². The second kappa shape index (κ2) is 11.8. The molecule has 0 aliphatic heterocycles. The molecule has 0 N–H and O–H groups in total. The smallest absolute Gasteiger partial charge is 0.254 e. The number of nitrogens with zero attached hydrogens (tertiary/aromatic N) is 2. The quantitative estimate of drug-likeness (QED) is 0.310. The molecular weight excluding hydrogens is 494 g/mol. The van der Waals surface area contributed by atoms with E-state index >= 15 is 0 Å². The van der Waals surface area contributed by atoms with Gasteiger partial charge in [-0.15, -0.1) is 11.3 Å². The highest BCUT2D eigenvalue weighted by atomic mass is 35.5. The van der Waals surface area contributed by atoms with Crippen LogP contribution in [0.15, 0.2) is 53.9 Å². The highest BCUT2D eigenvalue weighted by Crippen LogP contribution is 2.24. The van der Waals surface area contributed by atoms with Crippen molar-refractivity contribution in [3.05, 3.63) is 91.3 Å². The van der Waals surface area contributed by atoms with Crippen molar-refractivity contribution in [3.63, 3.8) is 0 Å². The molecule has 0 fully saturated rings. The van der Waals surface area contributed by atoms with Crippen molar-refractivity contribution >= 4 is 46.4 Å². The zero-order valence-electron chi connectivity index (χ0n) is 19.4. The minimum Gasteiger partial charge on any atom is -0.332 e. The molecule has 0 aliphatic rings. The first-order valence-corrected chi connectivity index (χ1v) is 12.6. The number of amides is 2. The van der Waals surface area contributed by atoms with Gasteiger partial charge in [-0.3, -0.25) is 9.59 Å². The summed E-state index contributed by atoms with van der Waals surface area (Å²) >= 11 is 13.7. The molecule has 1 heterocycles. The Labute approximate surface area is 213 Å². The molecule has 0 unspecified atom stereocenters. The van der Waals surface area contributed by atoms with Crippen LogP contribution in [0.25, 0.3) is 0 Å². The molecule has 2 amide bonds. The topological polar surface area (TPSA) is 40.6 Å². The summed E-state index contributed by atoms with van der Waals surface area (Å²) in [5, 5.41) is 2.64. The first kappa shape index (κ1) is 26.2. The zero-order chi connectivity index (χ0) is 24.8. The van der Waals surface area contributed by atoms with E-state index in [0.29, 0.717) is 30.2 Å². The number of hydrogen-bond acceptors (Lipinski definition) is 3. The van der Waals surface area contributed by atoms with Gasteiger partial charge < -0.3 is 9.80 Å². The Balaban J connectivity index is 1.85. The van der Waals surface area contributed by atoms with E-state index in [1.807, 2.05) is 32.2 Å². The summed E-state index contributed by atoms with van der Waals surface area (Å²) in [6.45, 7) is 7.04. The Morgan fingerprint density at radius 3 is 2.26 bits per heavy atom. The highest BCUT2D eigenvalue weighted by Gasteiger charge is 2.24. The average molecular weight is 521 g/mol. The predicted octanol–water partition coefficient (Wildman–Crippen LogP) is 6.83. The van der Waals surface area contributed by atoms with Gasteiger partial charge >= 0.3 is 0 Å². The van der Waals surface area contributed by atoms with Crippen molar-refractivity contribution in [2.45, 2.75) is 33.9 Å². The van der Waals surface area contributed by atoms with Gasteiger partial charge in [0.25, 0.3) is 5.91 Å². The molecule has 0 atom stereocenters. The van der Waals surface area contributed by atoms with Crippen molar-refractivity contribution in [2.75, 3.05) is 13.1 Å². The van der Waals surface area contributed by atoms with E-state index in [2.05, 4.69) is 0 Å². The molecule has 34 heavy (non-hydrogen) atoms. The number of hydrogen-bond donors (Lipinski definition) is 0. The average Bonchev–Trinajstić information content (AvgIpc) is 3.19. The van der Waals surface area contributed by atoms with Crippen molar-refractivity contribution in [1.82, 2.24) is 9.80 Å². The molecule has 2 aromatic carbocycles. The minimum absolute atomic E-state index is 0.0805. The molecule has 0 saturated heterocycles. The number of carbonyl (C=O) groups excluding carboxylic acids is 2. The van der Waals surface area contributed by atoms with E-state index in [1.54, 1.807) is 45.4 Å². The fourth-order valence-electron chi connectivity index (χ4n) is 3.52. The maximum absolute atomic E-state index is 13.5. The van der Waals surface area contributed by atoms with Gasteiger partial charge in [-0.1, -0.05) is 49.2 Å². The minimum atomic E-state index is -0.328. The predicted molar refractivity (Wildman–Crippen MR) is 137 cm³/mol. The van der Waals surface area contributed by atoms with Gasteiger partial charge in [-0.2, -0.15) is 0 Å². The van der Waals surface area contributed by atoms with Gasteiger partial charge in [0.05, 0.1) is 16.6 Å². The maximum atomic E-state index is 13.5. The molecular formula is C26H27Cl2FN2O2S. The fraction of sp³-hybridized carbons (Fsp3) is 0.308. The number of rotatable bonds is 9. The normalized spacial score (nSPS) is 11.0. The second-order valence-electron chi connectivity index (χ2n) is 8.61. The van der Waals surface area contributed by atoms with Crippen LogP contribution in [0.4, 0.5) is 4.39 Å². The van der Waals surface area contributed by atoms with E-state index < -0.39 is 0 Å². The molecule has 0 aliphatic carbocycles. The lowest BCUT2D eigenvalue weighted by atomic mass is 10.1. The van der Waals surface area contributed by atoms with Crippen LogP contribution >= 0.6 is 34.5 Å². The summed E-state index contributed by atoms with van der Waals surface area (Å²) in [6, 6.07) is 12.8. The van der Waals surface area contributed by atoms with Crippen LogP contribution in [0.5, 0.6) is 0 Å². The highest BCUT2D eigenvalue weighted by molar-refractivity contribution is 7.10. The lowest BCUT2D eigenvalue weighted by Crippen LogP contribution is -2.43. The molecule has 180 valence electrons. The molecule has 3 aromatic rings. The van der Waals surface area contributed by atoms with Crippen molar-refractivity contribution in [1.29, 1.82) is 0 Å². The van der Waals surface area contributed by atoms with Gasteiger partial charge in [0, 0.05) is 23.5 Å². The Bertz CT molecular complexity index is 1150. The van der Waals surface area contributed by atoms with E-state index in [1.165, 1.54) is 18.2 Å². The van der Waals surface area contributed by atoms with E-state index in [4.69, 9.17) is 23.2 Å². The number of carbonyl (C=O) groups is 2.